The van der Waals surface area contributed by atoms with Crippen molar-refractivity contribution in [3.05, 3.63) is 89.2 Å². The SMILES string of the molecule is C=CCSc1ncnn1C[C@@]1(c2ccc(F)cc2F)OCCC[C@H]1c1ccccc1Cl. The first-order valence-corrected chi connectivity index (χ1v) is 11.4. The average molecular weight is 462 g/mol. The maximum Gasteiger partial charge on any atom is 0.186 e. The minimum atomic E-state index is -1.13. The van der Waals surface area contributed by atoms with E-state index in [9.17, 15) is 4.39 Å². The van der Waals surface area contributed by atoms with Crippen molar-refractivity contribution in [3.63, 3.8) is 0 Å². The van der Waals surface area contributed by atoms with Gasteiger partial charge in [0, 0.05) is 34.9 Å². The van der Waals surface area contributed by atoms with Crippen molar-refractivity contribution >= 4 is 23.4 Å². The molecule has 1 fully saturated rings. The van der Waals surface area contributed by atoms with Gasteiger partial charge in [0.15, 0.2) is 5.16 Å². The Balaban J connectivity index is 1.87. The standard InChI is InChI=1S/C23H22ClF2N3OS/c1-2-12-31-22-27-15-28-29(22)14-23(19-10-9-16(25)13-21(19)26)18(7-5-11-30-23)17-6-3-4-8-20(17)24/h2-4,6,8-10,13,15,18H,1,5,7,11-12,14H2/t18-,23+/m0/s1. The van der Waals surface area contributed by atoms with Gasteiger partial charge in [-0.05, 0) is 30.5 Å². The van der Waals surface area contributed by atoms with Gasteiger partial charge in [-0.15, -0.1) is 6.58 Å². The molecule has 3 aromatic rings. The summed E-state index contributed by atoms with van der Waals surface area (Å²) in [5, 5.41) is 5.64. The molecular formula is C23H22ClF2N3OS. The molecule has 0 spiro atoms. The predicted octanol–water partition coefficient (Wildman–Crippen LogP) is 5.98. The lowest BCUT2D eigenvalue weighted by Gasteiger charge is -2.45. The van der Waals surface area contributed by atoms with E-state index in [0.717, 1.165) is 24.5 Å². The van der Waals surface area contributed by atoms with E-state index in [2.05, 4.69) is 16.7 Å². The third kappa shape index (κ3) is 4.40. The van der Waals surface area contributed by atoms with Crippen LogP contribution in [-0.4, -0.2) is 27.1 Å². The van der Waals surface area contributed by atoms with Gasteiger partial charge in [0.25, 0.3) is 0 Å². The van der Waals surface area contributed by atoms with Gasteiger partial charge < -0.3 is 4.74 Å². The highest BCUT2D eigenvalue weighted by Crippen LogP contribution is 2.49. The molecule has 0 N–H and O–H groups in total. The zero-order chi connectivity index (χ0) is 21.8. The largest absolute Gasteiger partial charge is 0.368 e. The lowest BCUT2D eigenvalue weighted by Crippen LogP contribution is -2.45. The first kappa shape index (κ1) is 22.0. The summed E-state index contributed by atoms with van der Waals surface area (Å²) >= 11 is 8.04. The minimum Gasteiger partial charge on any atom is -0.368 e. The number of halogens is 3. The monoisotopic (exact) mass is 461 g/mol. The second-order valence-corrected chi connectivity index (χ2v) is 8.77. The van der Waals surface area contributed by atoms with Crippen LogP contribution < -0.4 is 0 Å². The Hall–Kier alpha value is -2.22. The van der Waals surface area contributed by atoms with Gasteiger partial charge in [0.05, 0.1) is 6.54 Å². The van der Waals surface area contributed by atoms with Crippen LogP contribution in [0.2, 0.25) is 5.02 Å². The Morgan fingerprint density at radius 2 is 2.13 bits per heavy atom. The normalized spacial score (nSPS) is 21.2. The number of thioether (sulfide) groups is 1. The molecule has 0 aliphatic carbocycles. The van der Waals surface area contributed by atoms with Crippen molar-refractivity contribution in [2.24, 2.45) is 0 Å². The number of hydrogen-bond acceptors (Lipinski definition) is 4. The zero-order valence-electron chi connectivity index (χ0n) is 16.8. The molecule has 1 aromatic heterocycles. The molecule has 0 radical (unpaired) electrons. The molecule has 1 saturated heterocycles. The molecule has 0 unspecified atom stereocenters. The third-order valence-corrected chi connectivity index (χ3v) is 6.84. The van der Waals surface area contributed by atoms with Gasteiger partial charge in [-0.25, -0.2) is 18.4 Å². The predicted molar refractivity (Wildman–Crippen MR) is 118 cm³/mol. The maximum atomic E-state index is 15.2. The van der Waals surface area contributed by atoms with Crippen LogP contribution in [0.1, 0.15) is 29.9 Å². The lowest BCUT2D eigenvalue weighted by atomic mass is 9.73. The summed E-state index contributed by atoms with van der Waals surface area (Å²) in [4.78, 5) is 4.33. The summed E-state index contributed by atoms with van der Waals surface area (Å²) in [6.07, 6.45) is 4.79. The Kier molecular flexibility index (Phi) is 6.74. The van der Waals surface area contributed by atoms with Gasteiger partial charge in [-0.3, -0.25) is 0 Å². The second kappa shape index (κ2) is 9.51. The van der Waals surface area contributed by atoms with Gasteiger partial charge in [-0.2, -0.15) is 5.10 Å². The first-order chi connectivity index (χ1) is 15.0. The highest BCUT2D eigenvalue weighted by atomic mass is 35.5. The van der Waals surface area contributed by atoms with Crippen LogP contribution in [0, 0.1) is 11.6 Å². The molecule has 8 heteroatoms. The molecule has 2 atom stereocenters. The number of nitrogens with zero attached hydrogens (tertiary/aromatic N) is 3. The van der Waals surface area contributed by atoms with Gasteiger partial charge in [0.1, 0.15) is 23.6 Å². The van der Waals surface area contributed by atoms with Crippen molar-refractivity contribution in [2.75, 3.05) is 12.4 Å². The molecule has 4 rings (SSSR count). The van der Waals surface area contributed by atoms with Crippen LogP contribution in [0.3, 0.4) is 0 Å². The van der Waals surface area contributed by atoms with Crippen LogP contribution in [0.4, 0.5) is 8.78 Å². The fourth-order valence-corrected chi connectivity index (χ4v) is 5.13. The van der Waals surface area contributed by atoms with Crippen LogP contribution in [0.5, 0.6) is 0 Å². The molecule has 0 bridgehead atoms. The fourth-order valence-electron chi connectivity index (χ4n) is 4.21. The van der Waals surface area contributed by atoms with E-state index in [1.165, 1.54) is 30.2 Å². The van der Waals surface area contributed by atoms with Crippen molar-refractivity contribution < 1.29 is 13.5 Å². The Bertz CT molecular complexity index is 1080. The molecule has 1 aliphatic rings. The first-order valence-electron chi connectivity index (χ1n) is 10.0. The number of benzene rings is 2. The quantitative estimate of drug-likeness (QED) is 0.320. The summed E-state index contributed by atoms with van der Waals surface area (Å²) in [5.74, 6) is -0.883. The minimum absolute atomic E-state index is 0.213. The Morgan fingerprint density at radius 3 is 2.90 bits per heavy atom. The highest BCUT2D eigenvalue weighted by Gasteiger charge is 2.47. The number of rotatable bonds is 7. The summed E-state index contributed by atoms with van der Waals surface area (Å²) < 4.78 is 37.0. The van der Waals surface area contributed by atoms with E-state index >= 15 is 4.39 Å². The van der Waals surface area contributed by atoms with E-state index in [0.29, 0.717) is 22.5 Å². The van der Waals surface area contributed by atoms with Crippen LogP contribution in [0.25, 0.3) is 0 Å². The molecule has 2 aromatic carbocycles. The van der Waals surface area contributed by atoms with E-state index in [-0.39, 0.29) is 18.0 Å². The van der Waals surface area contributed by atoms with Crippen molar-refractivity contribution in [1.29, 1.82) is 0 Å². The summed E-state index contributed by atoms with van der Waals surface area (Å²) in [5.41, 5.74) is 0.0276. The van der Waals surface area contributed by atoms with Crippen LogP contribution >= 0.6 is 23.4 Å². The Labute approximate surface area is 189 Å². The molecule has 0 amide bonds. The summed E-state index contributed by atoms with van der Waals surface area (Å²) in [7, 11) is 0. The smallest absolute Gasteiger partial charge is 0.186 e. The Morgan fingerprint density at radius 1 is 1.29 bits per heavy atom. The van der Waals surface area contributed by atoms with Crippen molar-refractivity contribution in [3.8, 4) is 0 Å². The van der Waals surface area contributed by atoms with E-state index < -0.39 is 17.2 Å². The number of hydrogen-bond donors (Lipinski definition) is 0. The molecule has 4 nitrogen and oxygen atoms in total. The van der Waals surface area contributed by atoms with E-state index in [1.54, 1.807) is 10.8 Å². The van der Waals surface area contributed by atoms with Crippen molar-refractivity contribution in [2.45, 2.75) is 36.1 Å². The van der Waals surface area contributed by atoms with Crippen LogP contribution in [0.15, 0.2) is 66.6 Å². The van der Waals surface area contributed by atoms with E-state index in [1.807, 2.05) is 24.3 Å². The number of aromatic nitrogens is 3. The number of ether oxygens (including phenoxy) is 1. The maximum absolute atomic E-state index is 15.2. The van der Waals surface area contributed by atoms with Gasteiger partial charge in [0.2, 0.25) is 0 Å². The second-order valence-electron chi connectivity index (χ2n) is 7.38. The summed E-state index contributed by atoms with van der Waals surface area (Å²) in [6, 6.07) is 11.1. The molecule has 2 heterocycles. The van der Waals surface area contributed by atoms with E-state index in [4.69, 9.17) is 16.3 Å². The average Bonchev–Trinajstić information content (AvgIpc) is 3.19. The molecule has 162 valence electrons. The van der Waals surface area contributed by atoms with Gasteiger partial charge in [-0.1, -0.05) is 53.7 Å². The molecular weight excluding hydrogens is 440 g/mol. The fraction of sp³-hybridized carbons (Fsp3) is 0.304. The topological polar surface area (TPSA) is 39.9 Å². The van der Waals surface area contributed by atoms with Crippen molar-refractivity contribution in [1.82, 2.24) is 14.8 Å². The summed E-state index contributed by atoms with van der Waals surface area (Å²) in [6.45, 7) is 4.40. The molecule has 0 saturated carbocycles. The molecule has 1 aliphatic heterocycles. The van der Waals surface area contributed by atoms with Crippen LogP contribution in [-0.2, 0) is 16.9 Å². The lowest BCUT2D eigenvalue weighted by molar-refractivity contribution is -0.116. The third-order valence-electron chi connectivity index (χ3n) is 5.52. The van der Waals surface area contributed by atoms with Gasteiger partial charge >= 0.3 is 0 Å². The zero-order valence-corrected chi connectivity index (χ0v) is 18.4. The molecule has 31 heavy (non-hydrogen) atoms. The highest BCUT2D eigenvalue weighted by molar-refractivity contribution is 7.99.